The molecule has 0 aliphatic heterocycles. The topological polar surface area (TPSA) is 56.5 Å². The molecule has 0 radical (unpaired) electrons. The van der Waals surface area contributed by atoms with Crippen LogP contribution in [-0.4, -0.2) is 9.38 Å². The Hall–Kier alpha value is -2.53. The highest BCUT2D eigenvalue weighted by atomic mass is 32.1. The summed E-state index contributed by atoms with van der Waals surface area (Å²) in [5.74, 6) is 1.31. The number of aryl methyl sites for hydroxylation is 1. The van der Waals surface area contributed by atoms with Gasteiger partial charge >= 0.3 is 0 Å². The van der Waals surface area contributed by atoms with Crippen molar-refractivity contribution in [1.82, 2.24) is 9.38 Å². The zero-order valence-corrected chi connectivity index (χ0v) is 12.2. The van der Waals surface area contributed by atoms with Crippen LogP contribution < -0.4 is 5.73 Å². The van der Waals surface area contributed by atoms with Crippen molar-refractivity contribution in [3.63, 3.8) is 0 Å². The van der Waals surface area contributed by atoms with Crippen molar-refractivity contribution in [2.24, 2.45) is 0 Å². The van der Waals surface area contributed by atoms with Crippen LogP contribution in [0, 0.1) is 6.92 Å². The van der Waals surface area contributed by atoms with Gasteiger partial charge in [0.05, 0.1) is 12.0 Å². The third-order valence-corrected chi connectivity index (χ3v) is 4.44. The molecule has 4 rings (SSSR count). The van der Waals surface area contributed by atoms with Crippen LogP contribution in [0.2, 0.25) is 0 Å². The lowest BCUT2D eigenvalue weighted by molar-refractivity contribution is 0.581. The van der Waals surface area contributed by atoms with Crippen LogP contribution in [0.3, 0.4) is 0 Å². The Morgan fingerprint density at radius 3 is 2.67 bits per heavy atom. The summed E-state index contributed by atoms with van der Waals surface area (Å²) in [6.45, 7) is 2.09. The molecule has 0 aliphatic carbocycles. The molecule has 0 fully saturated rings. The van der Waals surface area contributed by atoms with Crippen molar-refractivity contribution in [2.45, 2.75) is 6.92 Å². The fraction of sp³-hybridized carbons (Fsp3) is 0.0625. The molecule has 1 aromatic carbocycles. The number of fused-ring (bicyclic) bond motifs is 1. The third kappa shape index (κ3) is 1.78. The average molecular weight is 295 g/mol. The molecule has 0 saturated heterocycles. The van der Waals surface area contributed by atoms with E-state index in [4.69, 9.17) is 10.2 Å². The molecule has 0 aliphatic rings. The van der Waals surface area contributed by atoms with Crippen molar-refractivity contribution in [2.75, 3.05) is 5.73 Å². The summed E-state index contributed by atoms with van der Waals surface area (Å²) >= 11 is 1.64. The van der Waals surface area contributed by atoms with Gasteiger partial charge in [-0.15, -0.1) is 11.3 Å². The number of nitrogen functional groups attached to an aromatic ring is 1. The molecule has 4 nitrogen and oxygen atoms in total. The van der Waals surface area contributed by atoms with E-state index in [0.29, 0.717) is 17.3 Å². The minimum absolute atomic E-state index is 0.614. The Balaban J connectivity index is 2.02. The standard InChI is InChI=1S/C16H13N3OS/c1-10-14(11-6-3-2-4-7-11)19-15(17)13(18-16(19)21-10)12-8-5-9-20-12/h2-9H,17H2,1H3. The van der Waals surface area contributed by atoms with Gasteiger partial charge in [-0.25, -0.2) is 4.98 Å². The number of hydrogen-bond acceptors (Lipinski definition) is 4. The van der Waals surface area contributed by atoms with E-state index >= 15 is 0 Å². The van der Waals surface area contributed by atoms with Crippen molar-refractivity contribution in [3.05, 3.63) is 53.6 Å². The van der Waals surface area contributed by atoms with Gasteiger partial charge in [0.25, 0.3) is 0 Å². The van der Waals surface area contributed by atoms with Gasteiger partial charge in [-0.1, -0.05) is 30.3 Å². The van der Waals surface area contributed by atoms with Crippen molar-refractivity contribution in [1.29, 1.82) is 0 Å². The number of imidazole rings is 1. The maximum atomic E-state index is 6.33. The van der Waals surface area contributed by atoms with Gasteiger partial charge < -0.3 is 10.2 Å². The number of anilines is 1. The molecule has 0 amide bonds. The molecule has 0 bridgehead atoms. The molecular weight excluding hydrogens is 282 g/mol. The first-order valence-corrected chi connectivity index (χ1v) is 7.44. The van der Waals surface area contributed by atoms with Crippen LogP contribution in [0.4, 0.5) is 5.82 Å². The Morgan fingerprint density at radius 1 is 1.14 bits per heavy atom. The number of furan rings is 1. The molecule has 2 N–H and O–H groups in total. The average Bonchev–Trinajstić information content (AvgIpc) is 3.18. The van der Waals surface area contributed by atoms with Crippen LogP contribution in [0.5, 0.6) is 0 Å². The normalized spacial score (nSPS) is 11.3. The molecule has 104 valence electrons. The SMILES string of the molecule is Cc1sc2nc(-c3ccco3)c(N)n2c1-c1ccccc1. The molecular formula is C16H13N3OS. The Bertz CT molecular complexity index is 904. The Labute approximate surface area is 125 Å². The number of nitrogens with zero attached hydrogens (tertiary/aromatic N) is 2. The highest BCUT2D eigenvalue weighted by molar-refractivity contribution is 7.17. The summed E-state index contributed by atoms with van der Waals surface area (Å²) in [6, 6.07) is 13.9. The van der Waals surface area contributed by atoms with E-state index in [1.54, 1.807) is 17.6 Å². The van der Waals surface area contributed by atoms with Crippen molar-refractivity contribution in [3.8, 4) is 22.7 Å². The number of rotatable bonds is 2. The summed E-state index contributed by atoms with van der Waals surface area (Å²) in [5, 5.41) is 0. The molecule has 4 aromatic rings. The number of nitrogens with two attached hydrogens (primary N) is 1. The van der Waals surface area contributed by atoms with E-state index in [-0.39, 0.29) is 0 Å². The van der Waals surface area contributed by atoms with Crippen LogP contribution in [-0.2, 0) is 0 Å². The molecule has 0 spiro atoms. The second-order valence-electron chi connectivity index (χ2n) is 4.81. The molecule has 0 unspecified atom stereocenters. The predicted octanol–water partition coefficient (Wildman–Crippen LogP) is 4.21. The molecule has 5 heteroatoms. The smallest absolute Gasteiger partial charge is 0.196 e. The summed E-state index contributed by atoms with van der Waals surface area (Å²) in [5.41, 5.74) is 9.26. The van der Waals surface area contributed by atoms with Crippen LogP contribution in [0.1, 0.15) is 4.88 Å². The van der Waals surface area contributed by atoms with E-state index in [1.165, 1.54) is 4.88 Å². The fourth-order valence-corrected chi connectivity index (χ4v) is 3.56. The number of aromatic nitrogens is 2. The number of hydrogen-bond donors (Lipinski definition) is 1. The van der Waals surface area contributed by atoms with Gasteiger partial charge in [0.2, 0.25) is 0 Å². The van der Waals surface area contributed by atoms with Gasteiger partial charge in [-0.3, -0.25) is 4.40 Å². The van der Waals surface area contributed by atoms with Crippen LogP contribution >= 0.6 is 11.3 Å². The van der Waals surface area contributed by atoms with Gasteiger partial charge in [-0.05, 0) is 24.6 Å². The largest absolute Gasteiger partial charge is 0.463 e. The second-order valence-corrected chi connectivity index (χ2v) is 6.00. The summed E-state index contributed by atoms with van der Waals surface area (Å²) in [4.78, 5) is 6.70. The fourth-order valence-electron chi connectivity index (χ4n) is 2.56. The molecule has 3 aromatic heterocycles. The second kappa shape index (κ2) is 4.49. The number of thiazole rings is 1. The predicted molar refractivity (Wildman–Crippen MR) is 85.4 cm³/mol. The molecule has 0 atom stereocenters. The zero-order chi connectivity index (χ0) is 14.4. The van der Waals surface area contributed by atoms with E-state index in [2.05, 4.69) is 24.0 Å². The lowest BCUT2D eigenvalue weighted by Gasteiger charge is -2.04. The van der Waals surface area contributed by atoms with E-state index in [0.717, 1.165) is 16.2 Å². The maximum absolute atomic E-state index is 6.33. The molecule has 0 saturated carbocycles. The van der Waals surface area contributed by atoms with E-state index < -0.39 is 0 Å². The first-order valence-electron chi connectivity index (χ1n) is 6.62. The van der Waals surface area contributed by atoms with E-state index in [1.807, 2.05) is 34.7 Å². The first kappa shape index (κ1) is 12.2. The van der Waals surface area contributed by atoms with Gasteiger partial charge in [-0.2, -0.15) is 0 Å². The van der Waals surface area contributed by atoms with Crippen LogP contribution in [0.15, 0.2) is 53.1 Å². The Morgan fingerprint density at radius 2 is 1.95 bits per heavy atom. The maximum Gasteiger partial charge on any atom is 0.196 e. The van der Waals surface area contributed by atoms with Crippen molar-refractivity contribution < 1.29 is 4.42 Å². The minimum Gasteiger partial charge on any atom is -0.463 e. The minimum atomic E-state index is 0.614. The van der Waals surface area contributed by atoms with Gasteiger partial charge in [0, 0.05) is 4.88 Å². The monoisotopic (exact) mass is 295 g/mol. The summed E-state index contributed by atoms with van der Waals surface area (Å²) < 4.78 is 7.43. The third-order valence-electron chi connectivity index (χ3n) is 3.49. The van der Waals surface area contributed by atoms with E-state index in [9.17, 15) is 0 Å². The quantitative estimate of drug-likeness (QED) is 0.602. The highest BCUT2D eigenvalue weighted by Crippen LogP contribution is 2.37. The van der Waals surface area contributed by atoms with Gasteiger partial charge in [0.1, 0.15) is 11.5 Å². The van der Waals surface area contributed by atoms with Crippen molar-refractivity contribution >= 4 is 22.1 Å². The molecule has 3 heterocycles. The zero-order valence-electron chi connectivity index (χ0n) is 11.4. The van der Waals surface area contributed by atoms with Crippen LogP contribution in [0.25, 0.3) is 27.7 Å². The summed E-state index contributed by atoms with van der Waals surface area (Å²) in [7, 11) is 0. The summed E-state index contributed by atoms with van der Waals surface area (Å²) in [6.07, 6.45) is 1.63. The first-order chi connectivity index (χ1) is 10.3. The number of benzene rings is 1. The highest BCUT2D eigenvalue weighted by Gasteiger charge is 2.20. The molecule has 21 heavy (non-hydrogen) atoms. The Kier molecular flexibility index (Phi) is 2.62. The lowest BCUT2D eigenvalue weighted by Crippen LogP contribution is -1.96. The lowest BCUT2D eigenvalue weighted by atomic mass is 10.1. The van der Waals surface area contributed by atoms with Gasteiger partial charge in [0.15, 0.2) is 10.7 Å².